The van der Waals surface area contributed by atoms with Crippen LogP contribution >= 0.6 is 0 Å². The van der Waals surface area contributed by atoms with Crippen molar-refractivity contribution in [1.82, 2.24) is 4.90 Å². The summed E-state index contributed by atoms with van der Waals surface area (Å²) in [5.41, 5.74) is 0.987. The lowest BCUT2D eigenvalue weighted by Crippen LogP contribution is -2.77. The highest BCUT2D eigenvalue weighted by Crippen LogP contribution is 2.66. The number of ether oxygens (including phenoxy) is 9. The van der Waals surface area contributed by atoms with Crippen LogP contribution in [-0.2, 0) is 45.0 Å². The Morgan fingerprint density at radius 1 is 0.844 bits per heavy atom. The minimum absolute atomic E-state index is 0.0789. The zero-order valence-corrected chi connectivity index (χ0v) is 27.2. The van der Waals surface area contributed by atoms with Crippen molar-refractivity contribution in [3.8, 4) is 11.5 Å². The van der Waals surface area contributed by atoms with Gasteiger partial charge in [-0.05, 0) is 62.6 Å². The average molecular weight is 636 g/mol. The van der Waals surface area contributed by atoms with Gasteiger partial charge in [0.05, 0.1) is 83.2 Å². The first-order valence-electron chi connectivity index (χ1n) is 16.9. The maximum absolute atomic E-state index is 12.8. The van der Waals surface area contributed by atoms with E-state index in [9.17, 15) is 5.11 Å². The van der Waals surface area contributed by atoms with Gasteiger partial charge >= 0.3 is 0 Å². The van der Waals surface area contributed by atoms with E-state index in [0.29, 0.717) is 78.2 Å². The van der Waals surface area contributed by atoms with E-state index in [-0.39, 0.29) is 25.0 Å². The lowest BCUT2D eigenvalue weighted by Gasteiger charge is -2.64. The molecule has 2 heterocycles. The molecule has 0 aromatic heterocycles. The Balaban J connectivity index is 1.10. The molecule has 1 aromatic carbocycles. The van der Waals surface area contributed by atoms with Gasteiger partial charge < -0.3 is 47.7 Å². The van der Waals surface area contributed by atoms with Gasteiger partial charge in [0.25, 0.3) is 0 Å². The topological polar surface area (TPSA) is 107 Å². The van der Waals surface area contributed by atoms with E-state index < -0.39 is 11.0 Å². The lowest BCUT2D eigenvalue weighted by molar-refractivity contribution is -0.218. The summed E-state index contributed by atoms with van der Waals surface area (Å²) in [5, 5.41) is 12.8. The summed E-state index contributed by atoms with van der Waals surface area (Å²) >= 11 is 0. The van der Waals surface area contributed by atoms with Crippen molar-refractivity contribution in [2.75, 3.05) is 100 Å². The van der Waals surface area contributed by atoms with E-state index in [1.807, 2.05) is 6.07 Å². The maximum atomic E-state index is 12.8. The highest BCUT2D eigenvalue weighted by atomic mass is 16.7. The van der Waals surface area contributed by atoms with Gasteiger partial charge in [-0.3, -0.25) is 4.90 Å². The molecular formula is C34H53NO10. The van der Waals surface area contributed by atoms with Crippen LogP contribution in [0.15, 0.2) is 12.1 Å². The molecule has 3 fully saturated rings. The Morgan fingerprint density at radius 3 is 2.22 bits per heavy atom. The van der Waals surface area contributed by atoms with Crippen molar-refractivity contribution in [3.05, 3.63) is 23.3 Å². The summed E-state index contributed by atoms with van der Waals surface area (Å²) < 4.78 is 52.0. The molecule has 1 spiro atoms. The largest absolute Gasteiger partial charge is 0.482 e. The molecule has 5 atom stereocenters. The fraction of sp³-hybridized carbons (Fsp3) is 0.824. The Labute approximate surface area is 267 Å². The Bertz CT molecular complexity index is 1090. The standard InChI is InChI=1S/C34H53NO10/c1-37-12-14-39-16-17-40-18-19-41-20-21-43-28-8-9-34(36)29-22-26-6-7-27(44-24-42-15-13-38-2)31-30(26)33(34,32(28)45-31)10-11-35(29)23-25-4-3-5-25/h6-7,25,28-29,32,36H,3-5,8-24H2,1-2H3/t28-,29+,32?,33-,34+/m0/s1. The monoisotopic (exact) mass is 635 g/mol. The molecule has 6 rings (SSSR count). The van der Waals surface area contributed by atoms with E-state index in [1.165, 1.54) is 24.8 Å². The molecule has 1 N–H and O–H groups in total. The van der Waals surface area contributed by atoms with Gasteiger partial charge in [-0.15, -0.1) is 0 Å². The van der Waals surface area contributed by atoms with Crippen molar-refractivity contribution in [1.29, 1.82) is 0 Å². The minimum atomic E-state index is -0.882. The first-order valence-corrected chi connectivity index (χ1v) is 16.9. The van der Waals surface area contributed by atoms with Crippen LogP contribution in [0.25, 0.3) is 0 Å². The van der Waals surface area contributed by atoms with Crippen LogP contribution < -0.4 is 9.47 Å². The molecule has 11 nitrogen and oxygen atoms in total. The second-order valence-electron chi connectivity index (χ2n) is 13.1. The SMILES string of the molecule is COCCOCCOCCOCCO[C@H]1CC[C@@]2(O)[C@H]3Cc4ccc(OCOCCOC)c5c4[C@@]2(CCN3CC2CCC2)C1O5. The third-order valence-electron chi connectivity index (χ3n) is 10.7. The van der Waals surface area contributed by atoms with Crippen LogP contribution in [0.2, 0.25) is 0 Å². The second-order valence-corrected chi connectivity index (χ2v) is 13.1. The molecule has 2 aliphatic heterocycles. The highest BCUT2D eigenvalue weighted by molar-refractivity contribution is 5.63. The van der Waals surface area contributed by atoms with E-state index >= 15 is 0 Å². The maximum Gasteiger partial charge on any atom is 0.189 e. The van der Waals surface area contributed by atoms with E-state index in [2.05, 4.69) is 11.0 Å². The van der Waals surface area contributed by atoms with Gasteiger partial charge in [-0.25, -0.2) is 0 Å². The first kappa shape index (κ1) is 33.4. The van der Waals surface area contributed by atoms with Crippen LogP contribution in [0.4, 0.5) is 0 Å². The van der Waals surface area contributed by atoms with Crippen LogP contribution in [-0.4, -0.2) is 134 Å². The average Bonchev–Trinajstić information content (AvgIpc) is 3.37. The lowest BCUT2D eigenvalue weighted by atomic mass is 9.48. The minimum Gasteiger partial charge on any atom is -0.482 e. The molecule has 2 bridgehead atoms. The van der Waals surface area contributed by atoms with Crippen LogP contribution in [0.5, 0.6) is 11.5 Å². The predicted molar refractivity (Wildman–Crippen MR) is 165 cm³/mol. The Morgan fingerprint density at radius 2 is 1.53 bits per heavy atom. The summed E-state index contributed by atoms with van der Waals surface area (Å²) in [6.07, 6.45) is 6.59. The van der Waals surface area contributed by atoms with Crippen molar-refractivity contribution in [3.63, 3.8) is 0 Å². The first-order chi connectivity index (χ1) is 22.1. The van der Waals surface area contributed by atoms with Crippen molar-refractivity contribution < 1.29 is 47.7 Å². The molecule has 1 unspecified atom stereocenters. The smallest absolute Gasteiger partial charge is 0.189 e. The number of hydrogen-bond donors (Lipinski definition) is 1. The summed E-state index contributed by atoms with van der Waals surface area (Å²) in [4.78, 5) is 2.60. The van der Waals surface area contributed by atoms with Gasteiger partial charge in [-0.1, -0.05) is 12.5 Å². The zero-order chi connectivity index (χ0) is 31.1. The zero-order valence-electron chi connectivity index (χ0n) is 27.2. The third kappa shape index (κ3) is 6.75. The fourth-order valence-corrected chi connectivity index (χ4v) is 8.33. The molecule has 45 heavy (non-hydrogen) atoms. The molecule has 1 aromatic rings. The summed E-state index contributed by atoms with van der Waals surface area (Å²) in [6, 6.07) is 4.27. The third-order valence-corrected chi connectivity index (χ3v) is 10.7. The van der Waals surface area contributed by atoms with Gasteiger partial charge in [0.15, 0.2) is 18.3 Å². The molecule has 0 radical (unpaired) electrons. The van der Waals surface area contributed by atoms with Crippen LogP contribution in [0.1, 0.15) is 49.7 Å². The Hall–Kier alpha value is -1.54. The van der Waals surface area contributed by atoms with E-state index in [4.69, 9.17) is 42.6 Å². The van der Waals surface area contributed by atoms with Crippen molar-refractivity contribution >= 4 is 0 Å². The second kappa shape index (κ2) is 15.6. The number of hydrogen-bond acceptors (Lipinski definition) is 11. The van der Waals surface area contributed by atoms with Crippen LogP contribution in [0.3, 0.4) is 0 Å². The molecule has 1 saturated heterocycles. The number of nitrogens with zero attached hydrogens (tertiary/aromatic N) is 1. The predicted octanol–water partition coefficient (Wildman–Crippen LogP) is 2.72. The molecule has 254 valence electrons. The van der Waals surface area contributed by atoms with Crippen molar-refractivity contribution in [2.45, 2.75) is 74.2 Å². The van der Waals surface area contributed by atoms with E-state index in [0.717, 1.165) is 49.6 Å². The molecular weight excluding hydrogens is 582 g/mol. The molecule has 3 aliphatic carbocycles. The fourth-order valence-electron chi connectivity index (χ4n) is 8.33. The van der Waals surface area contributed by atoms with Crippen molar-refractivity contribution in [2.24, 2.45) is 5.92 Å². The summed E-state index contributed by atoms with van der Waals surface area (Å²) in [5.74, 6) is 2.18. The molecule has 2 saturated carbocycles. The van der Waals surface area contributed by atoms with Gasteiger partial charge in [0.2, 0.25) is 0 Å². The highest BCUT2D eigenvalue weighted by Gasteiger charge is 2.73. The molecule has 0 amide bonds. The van der Waals surface area contributed by atoms with Crippen LogP contribution in [0, 0.1) is 5.92 Å². The summed E-state index contributed by atoms with van der Waals surface area (Å²) in [7, 11) is 3.31. The molecule has 11 heteroatoms. The number of likely N-dealkylation sites (tertiary alicyclic amines) is 1. The molecule has 5 aliphatic rings. The quantitative estimate of drug-likeness (QED) is 0.159. The van der Waals surface area contributed by atoms with Gasteiger partial charge in [-0.2, -0.15) is 0 Å². The van der Waals surface area contributed by atoms with E-state index in [1.54, 1.807) is 14.2 Å². The number of rotatable bonds is 21. The number of piperidine rings is 1. The van der Waals surface area contributed by atoms with Gasteiger partial charge in [0.1, 0.15) is 6.10 Å². The number of benzene rings is 1. The Kier molecular flexibility index (Phi) is 11.5. The number of methoxy groups -OCH3 is 2. The van der Waals surface area contributed by atoms with Gasteiger partial charge in [0, 0.05) is 32.4 Å². The normalized spacial score (nSPS) is 30.2. The number of aliphatic hydroxyl groups is 1. The summed E-state index contributed by atoms with van der Waals surface area (Å²) in [6.45, 7) is 7.27.